The Kier molecular flexibility index (Phi) is 5.17. The van der Waals surface area contributed by atoms with Crippen molar-refractivity contribution >= 4 is 5.78 Å². The molecule has 0 N–H and O–H groups in total. The first kappa shape index (κ1) is 12.9. The van der Waals surface area contributed by atoms with Crippen LogP contribution in [-0.4, -0.2) is 5.78 Å². The maximum atomic E-state index is 12.8. The van der Waals surface area contributed by atoms with E-state index >= 15 is 0 Å². The van der Waals surface area contributed by atoms with E-state index < -0.39 is 0 Å². The molecule has 0 aliphatic heterocycles. The first-order valence-electron chi connectivity index (χ1n) is 5.90. The molecule has 0 heterocycles. The quantitative estimate of drug-likeness (QED) is 0.669. The van der Waals surface area contributed by atoms with Crippen molar-refractivity contribution in [1.82, 2.24) is 0 Å². The smallest absolute Gasteiger partial charge is 0.137 e. The van der Waals surface area contributed by atoms with Crippen LogP contribution < -0.4 is 0 Å². The van der Waals surface area contributed by atoms with Gasteiger partial charge in [-0.25, -0.2) is 4.39 Å². The van der Waals surface area contributed by atoms with Crippen LogP contribution in [0.4, 0.5) is 4.39 Å². The highest BCUT2D eigenvalue weighted by atomic mass is 19.1. The van der Waals surface area contributed by atoms with E-state index in [0.717, 1.165) is 30.4 Å². The largest absolute Gasteiger partial charge is 0.299 e. The molecule has 0 fully saturated rings. The summed E-state index contributed by atoms with van der Waals surface area (Å²) in [6.07, 6.45) is 4.28. The average Bonchev–Trinajstić information content (AvgIpc) is 2.23. The van der Waals surface area contributed by atoms with Gasteiger partial charge in [0.15, 0.2) is 0 Å². The van der Waals surface area contributed by atoms with Crippen LogP contribution >= 0.6 is 0 Å². The summed E-state index contributed by atoms with van der Waals surface area (Å²) in [5.41, 5.74) is 1.81. The molecular formula is C14H19FO. The molecule has 0 saturated carbocycles. The molecule has 1 nitrogen and oxygen atoms in total. The number of carbonyl (C=O) groups is 1. The fourth-order valence-electron chi connectivity index (χ4n) is 1.73. The van der Waals surface area contributed by atoms with Crippen molar-refractivity contribution in [3.05, 3.63) is 35.1 Å². The van der Waals surface area contributed by atoms with Gasteiger partial charge in [-0.1, -0.05) is 25.8 Å². The molecule has 0 atom stereocenters. The van der Waals surface area contributed by atoms with Crippen LogP contribution in [0.2, 0.25) is 0 Å². The lowest BCUT2D eigenvalue weighted by atomic mass is 10.0. The van der Waals surface area contributed by atoms with Crippen LogP contribution in [0.3, 0.4) is 0 Å². The Bertz CT molecular complexity index is 358. The zero-order valence-electron chi connectivity index (χ0n) is 10.1. The number of rotatable bonds is 6. The minimum atomic E-state index is -0.236. The van der Waals surface area contributed by atoms with E-state index in [9.17, 15) is 9.18 Å². The Morgan fingerprint density at radius 1 is 1.31 bits per heavy atom. The maximum Gasteiger partial charge on any atom is 0.137 e. The van der Waals surface area contributed by atoms with Gasteiger partial charge in [-0.2, -0.15) is 0 Å². The van der Waals surface area contributed by atoms with Crippen LogP contribution in [-0.2, 0) is 11.2 Å². The molecule has 0 bridgehead atoms. The van der Waals surface area contributed by atoms with Gasteiger partial charge in [-0.3, -0.25) is 4.79 Å². The van der Waals surface area contributed by atoms with Gasteiger partial charge in [-0.15, -0.1) is 0 Å². The number of aryl methyl sites for hydroxylation is 1. The predicted molar refractivity (Wildman–Crippen MR) is 64.0 cm³/mol. The number of halogens is 1. The number of Topliss-reactive ketones (excluding diaryl/α,β-unsaturated/α-hetero) is 1. The van der Waals surface area contributed by atoms with Crippen LogP contribution in [0.5, 0.6) is 0 Å². The second-order valence-corrected chi connectivity index (χ2v) is 4.24. The number of carbonyl (C=O) groups excluding carboxylic acids is 1. The summed E-state index contributed by atoms with van der Waals surface area (Å²) < 4.78 is 12.8. The lowest BCUT2D eigenvalue weighted by molar-refractivity contribution is -0.118. The molecule has 1 rings (SSSR count). The van der Waals surface area contributed by atoms with Crippen molar-refractivity contribution < 1.29 is 9.18 Å². The molecule has 0 aliphatic rings. The Morgan fingerprint density at radius 2 is 2.06 bits per heavy atom. The zero-order valence-corrected chi connectivity index (χ0v) is 10.1. The summed E-state index contributed by atoms with van der Waals surface area (Å²) in [5.74, 6) is 0.0165. The minimum Gasteiger partial charge on any atom is -0.299 e. The zero-order chi connectivity index (χ0) is 12.0. The minimum absolute atomic E-state index is 0.236. The molecule has 1 aromatic rings. The number of ketones is 1. The number of hydrogen-bond acceptors (Lipinski definition) is 1. The Labute approximate surface area is 96.7 Å². The summed E-state index contributed by atoms with van der Waals surface area (Å²) in [6, 6.07) is 4.61. The fourth-order valence-corrected chi connectivity index (χ4v) is 1.73. The summed E-state index contributed by atoms with van der Waals surface area (Å²) in [6.45, 7) is 3.96. The SMILES string of the molecule is CCCCCC(=O)Cc1ccc(F)cc1C. The molecule has 0 radical (unpaired) electrons. The summed E-state index contributed by atoms with van der Waals surface area (Å²) in [4.78, 5) is 11.6. The third-order valence-corrected chi connectivity index (χ3v) is 2.75. The molecule has 16 heavy (non-hydrogen) atoms. The highest BCUT2D eigenvalue weighted by Gasteiger charge is 2.06. The normalized spacial score (nSPS) is 10.4. The first-order valence-corrected chi connectivity index (χ1v) is 5.90. The van der Waals surface area contributed by atoms with Crippen molar-refractivity contribution in [1.29, 1.82) is 0 Å². The van der Waals surface area contributed by atoms with Crippen molar-refractivity contribution in [2.24, 2.45) is 0 Å². The van der Waals surface area contributed by atoms with E-state index in [4.69, 9.17) is 0 Å². The molecule has 0 amide bonds. The molecule has 0 saturated heterocycles. The summed E-state index contributed by atoms with van der Waals surface area (Å²) in [7, 11) is 0. The van der Waals surface area contributed by atoms with Gasteiger partial charge in [0.2, 0.25) is 0 Å². The van der Waals surface area contributed by atoms with E-state index in [2.05, 4.69) is 6.92 Å². The van der Waals surface area contributed by atoms with Crippen molar-refractivity contribution in [3.8, 4) is 0 Å². The first-order chi connectivity index (χ1) is 7.63. The summed E-state index contributed by atoms with van der Waals surface area (Å²) >= 11 is 0. The van der Waals surface area contributed by atoms with Crippen LogP contribution in [0, 0.1) is 12.7 Å². The van der Waals surface area contributed by atoms with Gasteiger partial charge in [-0.05, 0) is 36.6 Å². The highest BCUT2D eigenvalue weighted by molar-refractivity contribution is 5.81. The Morgan fingerprint density at radius 3 is 2.69 bits per heavy atom. The van der Waals surface area contributed by atoms with E-state index in [1.165, 1.54) is 12.1 Å². The van der Waals surface area contributed by atoms with Gasteiger partial charge in [0.1, 0.15) is 11.6 Å². The van der Waals surface area contributed by atoms with Crippen LogP contribution in [0.15, 0.2) is 18.2 Å². The lowest BCUT2D eigenvalue weighted by Gasteiger charge is -2.05. The average molecular weight is 222 g/mol. The fraction of sp³-hybridized carbons (Fsp3) is 0.500. The molecule has 1 aromatic carbocycles. The van der Waals surface area contributed by atoms with Crippen molar-refractivity contribution in [3.63, 3.8) is 0 Å². The molecule has 0 unspecified atom stereocenters. The predicted octanol–water partition coefficient (Wildman–Crippen LogP) is 3.83. The Balaban J connectivity index is 2.49. The monoisotopic (exact) mass is 222 g/mol. The number of benzene rings is 1. The van der Waals surface area contributed by atoms with Gasteiger partial charge in [0.05, 0.1) is 0 Å². The second kappa shape index (κ2) is 6.41. The second-order valence-electron chi connectivity index (χ2n) is 4.24. The van der Waals surface area contributed by atoms with E-state index in [1.807, 2.05) is 6.92 Å². The van der Waals surface area contributed by atoms with E-state index in [-0.39, 0.29) is 11.6 Å². The Hall–Kier alpha value is -1.18. The lowest BCUT2D eigenvalue weighted by Crippen LogP contribution is -2.04. The van der Waals surface area contributed by atoms with Gasteiger partial charge >= 0.3 is 0 Å². The summed E-state index contributed by atoms with van der Waals surface area (Å²) in [5, 5.41) is 0. The topological polar surface area (TPSA) is 17.1 Å². The molecular weight excluding hydrogens is 203 g/mol. The van der Waals surface area contributed by atoms with E-state index in [0.29, 0.717) is 12.8 Å². The number of unbranched alkanes of at least 4 members (excludes halogenated alkanes) is 2. The van der Waals surface area contributed by atoms with Gasteiger partial charge in [0, 0.05) is 12.8 Å². The number of hydrogen-bond donors (Lipinski definition) is 0. The highest BCUT2D eigenvalue weighted by Crippen LogP contribution is 2.12. The van der Waals surface area contributed by atoms with Crippen LogP contribution in [0.1, 0.15) is 43.7 Å². The van der Waals surface area contributed by atoms with Crippen molar-refractivity contribution in [2.75, 3.05) is 0 Å². The third kappa shape index (κ3) is 4.13. The molecule has 0 aromatic heterocycles. The van der Waals surface area contributed by atoms with Crippen molar-refractivity contribution in [2.45, 2.75) is 46.0 Å². The molecule has 88 valence electrons. The third-order valence-electron chi connectivity index (χ3n) is 2.75. The standard InChI is InChI=1S/C14H19FO/c1-3-4-5-6-14(16)10-12-7-8-13(15)9-11(12)2/h7-9H,3-6,10H2,1-2H3. The molecule has 2 heteroatoms. The van der Waals surface area contributed by atoms with Gasteiger partial charge < -0.3 is 0 Å². The van der Waals surface area contributed by atoms with Gasteiger partial charge in [0.25, 0.3) is 0 Å². The molecule has 0 spiro atoms. The van der Waals surface area contributed by atoms with E-state index in [1.54, 1.807) is 6.07 Å². The maximum absolute atomic E-state index is 12.8. The molecule has 0 aliphatic carbocycles. The van der Waals surface area contributed by atoms with Crippen LogP contribution in [0.25, 0.3) is 0 Å².